The number of anilines is 2. The number of primary amides is 1. The fourth-order valence-electron chi connectivity index (χ4n) is 2.12. The van der Waals surface area contributed by atoms with Gasteiger partial charge in [-0.15, -0.1) is 0 Å². The van der Waals surface area contributed by atoms with Crippen molar-refractivity contribution < 1.29 is 9.59 Å². The first kappa shape index (κ1) is 11.4. The standard InChI is InChI=1S/C12H15N3O2/c13-12(17)10-4-3-9(14-8-16)7-11(10)15-5-1-2-6-15/h3-4,7-8H,1-2,5-6H2,(H2,13,17)(H,14,16). The molecule has 3 N–H and O–H groups in total. The zero-order chi connectivity index (χ0) is 12.3. The number of carbonyl (C=O) groups excluding carboxylic acids is 2. The molecule has 2 rings (SSSR count). The van der Waals surface area contributed by atoms with Crippen molar-refractivity contribution in [1.82, 2.24) is 0 Å². The number of amides is 2. The SMILES string of the molecule is NC(=O)c1ccc(NC=O)cc1N1CCCC1. The Hall–Kier alpha value is -2.04. The molecule has 0 unspecified atom stereocenters. The lowest BCUT2D eigenvalue weighted by Gasteiger charge is -2.21. The number of hydrogen-bond acceptors (Lipinski definition) is 3. The summed E-state index contributed by atoms with van der Waals surface area (Å²) in [5.74, 6) is -0.440. The van der Waals surface area contributed by atoms with Gasteiger partial charge in [-0.25, -0.2) is 0 Å². The summed E-state index contributed by atoms with van der Waals surface area (Å²) in [6.45, 7) is 1.84. The lowest BCUT2D eigenvalue weighted by atomic mass is 10.1. The Bertz CT molecular complexity index is 439. The first-order chi connectivity index (χ1) is 8.22. The lowest BCUT2D eigenvalue weighted by molar-refractivity contribution is -0.105. The average molecular weight is 233 g/mol. The molecule has 90 valence electrons. The number of carbonyl (C=O) groups is 2. The summed E-state index contributed by atoms with van der Waals surface area (Å²) in [5, 5.41) is 2.58. The Balaban J connectivity index is 2.38. The van der Waals surface area contributed by atoms with Crippen molar-refractivity contribution >= 4 is 23.7 Å². The molecule has 1 saturated heterocycles. The van der Waals surface area contributed by atoms with E-state index in [4.69, 9.17) is 5.73 Å². The quantitative estimate of drug-likeness (QED) is 0.760. The van der Waals surface area contributed by atoms with Gasteiger partial charge in [-0.1, -0.05) is 0 Å². The van der Waals surface area contributed by atoms with Gasteiger partial charge in [0.1, 0.15) is 0 Å². The van der Waals surface area contributed by atoms with Gasteiger partial charge in [0, 0.05) is 18.8 Å². The van der Waals surface area contributed by atoms with Gasteiger partial charge in [-0.2, -0.15) is 0 Å². The molecule has 1 fully saturated rings. The maximum atomic E-state index is 11.4. The molecule has 0 aliphatic carbocycles. The smallest absolute Gasteiger partial charge is 0.250 e. The number of rotatable bonds is 4. The summed E-state index contributed by atoms with van der Waals surface area (Å²) in [7, 11) is 0. The molecule has 2 amide bonds. The van der Waals surface area contributed by atoms with Gasteiger partial charge in [0.05, 0.1) is 11.3 Å². The Kier molecular flexibility index (Phi) is 3.27. The number of nitrogens with two attached hydrogens (primary N) is 1. The molecule has 1 aliphatic heterocycles. The minimum Gasteiger partial charge on any atom is -0.371 e. The highest BCUT2D eigenvalue weighted by Crippen LogP contribution is 2.27. The van der Waals surface area contributed by atoms with Gasteiger partial charge in [0.15, 0.2) is 0 Å². The van der Waals surface area contributed by atoms with E-state index in [0.29, 0.717) is 17.7 Å². The van der Waals surface area contributed by atoms with Gasteiger partial charge in [0.2, 0.25) is 6.41 Å². The van der Waals surface area contributed by atoms with E-state index in [1.165, 1.54) is 0 Å². The zero-order valence-corrected chi connectivity index (χ0v) is 9.48. The maximum absolute atomic E-state index is 11.4. The van der Waals surface area contributed by atoms with E-state index in [2.05, 4.69) is 10.2 Å². The predicted molar refractivity (Wildman–Crippen MR) is 66.1 cm³/mol. The van der Waals surface area contributed by atoms with Gasteiger partial charge >= 0.3 is 0 Å². The Labute approximate surface area is 99.6 Å². The second-order valence-corrected chi connectivity index (χ2v) is 4.05. The predicted octanol–water partition coefficient (Wildman–Crippen LogP) is 0.954. The van der Waals surface area contributed by atoms with Crippen LogP contribution in [0.1, 0.15) is 23.2 Å². The molecule has 1 aromatic carbocycles. The van der Waals surface area contributed by atoms with Crippen molar-refractivity contribution in [3.63, 3.8) is 0 Å². The molecular formula is C12H15N3O2. The van der Waals surface area contributed by atoms with Crippen LogP contribution in [0, 0.1) is 0 Å². The van der Waals surface area contributed by atoms with E-state index < -0.39 is 5.91 Å². The molecule has 17 heavy (non-hydrogen) atoms. The van der Waals surface area contributed by atoms with Gasteiger partial charge in [0.25, 0.3) is 5.91 Å². The average Bonchev–Trinajstić information content (AvgIpc) is 2.82. The molecule has 1 aliphatic rings. The number of nitrogens with one attached hydrogen (secondary N) is 1. The molecule has 5 heteroatoms. The summed E-state index contributed by atoms with van der Waals surface area (Å²) in [4.78, 5) is 23.9. The topological polar surface area (TPSA) is 75.4 Å². The van der Waals surface area contributed by atoms with Crippen molar-refractivity contribution in [2.45, 2.75) is 12.8 Å². The highest BCUT2D eigenvalue weighted by Gasteiger charge is 2.18. The summed E-state index contributed by atoms with van der Waals surface area (Å²) in [5.41, 5.74) is 7.33. The maximum Gasteiger partial charge on any atom is 0.250 e. The second kappa shape index (κ2) is 4.86. The Morgan fingerprint density at radius 3 is 2.65 bits per heavy atom. The van der Waals surface area contributed by atoms with Crippen LogP contribution < -0.4 is 16.0 Å². The number of nitrogens with zero attached hydrogens (tertiary/aromatic N) is 1. The highest BCUT2D eigenvalue weighted by molar-refractivity contribution is 5.99. The van der Waals surface area contributed by atoms with Crippen LogP contribution in [0.25, 0.3) is 0 Å². The van der Waals surface area contributed by atoms with Crippen LogP contribution in [-0.2, 0) is 4.79 Å². The van der Waals surface area contributed by atoms with Crippen LogP contribution in [0.15, 0.2) is 18.2 Å². The van der Waals surface area contributed by atoms with Crippen LogP contribution in [0.5, 0.6) is 0 Å². The molecule has 0 spiro atoms. The van der Waals surface area contributed by atoms with Crippen molar-refractivity contribution in [2.75, 3.05) is 23.3 Å². The van der Waals surface area contributed by atoms with Crippen molar-refractivity contribution in [3.8, 4) is 0 Å². The molecule has 0 atom stereocenters. The first-order valence-corrected chi connectivity index (χ1v) is 5.61. The summed E-state index contributed by atoms with van der Waals surface area (Å²) < 4.78 is 0. The molecule has 1 aromatic rings. The fourth-order valence-corrected chi connectivity index (χ4v) is 2.12. The van der Waals surface area contributed by atoms with E-state index in [1.54, 1.807) is 18.2 Å². The third-order valence-corrected chi connectivity index (χ3v) is 2.94. The Morgan fingerprint density at radius 2 is 2.06 bits per heavy atom. The van der Waals surface area contributed by atoms with Crippen molar-refractivity contribution in [1.29, 1.82) is 0 Å². The van der Waals surface area contributed by atoms with E-state index in [0.717, 1.165) is 31.6 Å². The molecule has 1 heterocycles. The zero-order valence-electron chi connectivity index (χ0n) is 9.48. The lowest BCUT2D eigenvalue weighted by Crippen LogP contribution is -2.23. The summed E-state index contributed by atoms with van der Waals surface area (Å²) in [6, 6.07) is 5.12. The summed E-state index contributed by atoms with van der Waals surface area (Å²) >= 11 is 0. The molecule has 0 saturated carbocycles. The molecule has 5 nitrogen and oxygen atoms in total. The van der Waals surface area contributed by atoms with Crippen LogP contribution in [0.2, 0.25) is 0 Å². The van der Waals surface area contributed by atoms with Gasteiger partial charge in [-0.3, -0.25) is 9.59 Å². The normalized spacial score (nSPS) is 14.7. The molecule has 0 radical (unpaired) electrons. The van der Waals surface area contributed by atoms with E-state index in [9.17, 15) is 9.59 Å². The fraction of sp³-hybridized carbons (Fsp3) is 0.333. The first-order valence-electron chi connectivity index (χ1n) is 5.61. The monoisotopic (exact) mass is 233 g/mol. The van der Waals surface area contributed by atoms with Crippen LogP contribution >= 0.6 is 0 Å². The third-order valence-electron chi connectivity index (χ3n) is 2.94. The Morgan fingerprint density at radius 1 is 1.35 bits per heavy atom. The largest absolute Gasteiger partial charge is 0.371 e. The molecule has 0 bridgehead atoms. The van der Waals surface area contributed by atoms with Gasteiger partial charge in [-0.05, 0) is 31.0 Å². The third kappa shape index (κ3) is 2.38. The minimum atomic E-state index is -0.440. The molecular weight excluding hydrogens is 218 g/mol. The van der Waals surface area contributed by atoms with Crippen molar-refractivity contribution in [2.24, 2.45) is 5.73 Å². The van der Waals surface area contributed by atoms with E-state index in [-0.39, 0.29) is 0 Å². The van der Waals surface area contributed by atoms with E-state index in [1.807, 2.05) is 0 Å². The van der Waals surface area contributed by atoms with Gasteiger partial charge < -0.3 is 16.0 Å². The van der Waals surface area contributed by atoms with E-state index >= 15 is 0 Å². The number of hydrogen-bond donors (Lipinski definition) is 2. The summed E-state index contributed by atoms with van der Waals surface area (Å²) in [6.07, 6.45) is 2.85. The molecule has 0 aromatic heterocycles. The van der Waals surface area contributed by atoms with Crippen LogP contribution in [-0.4, -0.2) is 25.4 Å². The van der Waals surface area contributed by atoms with Crippen LogP contribution in [0.3, 0.4) is 0 Å². The highest BCUT2D eigenvalue weighted by atomic mass is 16.1. The second-order valence-electron chi connectivity index (χ2n) is 4.05. The van der Waals surface area contributed by atoms with Crippen LogP contribution in [0.4, 0.5) is 11.4 Å². The minimum absolute atomic E-state index is 0.440. The number of benzene rings is 1. The van der Waals surface area contributed by atoms with Crippen molar-refractivity contribution in [3.05, 3.63) is 23.8 Å².